The van der Waals surface area contributed by atoms with Crippen molar-refractivity contribution in [2.75, 3.05) is 13.1 Å². The Morgan fingerprint density at radius 3 is 2.76 bits per heavy atom. The molecular weight excluding hydrogens is 286 g/mol. The van der Waals surface area contributed by atoms with Crippen molar-refractivity contribution >= 4 is 17.2 Å². The van der Waals surface area contributed by atoms with Gasteiger partial charge in [0, 0.05) is 28.8 Å². The fourth-order valence-corrected chi connectivity index (χ4v) is 3.72. The van der Waals surface area contributed by atoms with Gasteiger partial charge in [0.05, 0.1) is 5.92 Å². The predicted octanol–water partition coefficient (Wildman–Crippen LogP) is 2.95. The first-order valence-corrected chi connectivity index (χ1v) is 8.08. The van der Waals surface area contributed by atoms with Gasteiger partial charge >= 0.3 is 0 Å². The summed E-state index contributed by atoms with van der Waals surface area (Å²) in [5, 5.41) is 3.91. The number of carbonyl (C=O) groups is 1. The van der Waals surface area contributed by atoms with Crippen molar-refractivity contribution in [3.63, 3.8) is 0 Å². The lowest BCUT2D eigenvalue weighted by Gasteiger charge is -2.32. The molecule has 1 aliphatic heterocycles. The van der Waals surface area contributed by atoms with Crippen LogP contribution < -0.4 is 0 Å². The summed E-state index contributed by atoms with van der Waals surface area (Å²) in [7, 11) is 0. The number of piperidine rings is 1. The Labute approximate surface area is 128 Å². The van der Waals surface area contributed by atoms with Gasteiger partial charge in [-0.2, -0.15) is 4.98 Å². The summed E-state index contributed by atoms with van der Waals surface area (Å²) in [5.74, 6) is 1.25. The van der Waals surface area contributed by atoms with Crippen LogP contribution in [0, 0.1) is 6.92 Å². The van der Waals surface area contributed by atoms with E-state index in [0.717, 1.165) is 36.6 Å². The average Bonchev–Trinajstić information content (AvgIpc) is 3.17. The molecule has 112 valence electrons. The molecule has 1 aliphatic rings. The van der Waals surface area contributed by atoms with Gasteiger partial charge in [-0.15, -0.1) is 11.3 Å². The number of aryl methyl sites for hydroxylation is 1. The number of hydrogen-bond donors (Lipinski definition) is 0. The van der Waals surface area contributed by atoms with Gasteiger partial charge in [-0.3, -0.25) is 4.79 Å². The van der Waals surface area contributed by atoms with Gasteiger partial charge in [-0.25, -0.2) is 0 Å². The normalized spacial score (nSPS) is 17.9. The van der Waals surface area contributed by atoms with Crippen molar-refractivity contribution in [1.29, 1.82) is 0 Å². The third-order valence-corrected chi connectivity index (χ3v) is 5.29. The lowest BCUT2D eigenvalue weighted by molar-refractivity contribution is -0.133. The number of thiophene rings is 1. The minimum atomic E-state index is -0.0505. The van der Waals surface area contributed by atoms with Gasteiger partial charge in [0.15, 0.2) is 5.82 Å². The Hall–Kier alpha value is -1.69. The SMILES string of the molecule is Cc1ccc(C(C)C(=O)N2CCC(c3ncon3)CC2)s1. The molecular formula is C15H19N3O2S. The molecule has 0 bridgehead atoms. The van der Waals surface area contributed by atoms with Crippen LogP contribution in [0.4, 0.5) is 0 Å². The van der Waals surface area contributed by atoms with Crippen LogP contribution in [0.15, 0.2) is 23.0 Å². The third-order valence-electron chi connectivity index (χ3n) is 4.11. The first-order chi connectivity index (χ1) is 10.1. The molecule has 1 atom stereocenters. The second-order valence-electron chi connectivity index (χ2n) is 5.56. The van der Waals surface area contributed by atoms with E-state index < -0.39 is 0 Å². The zero-order chi connectivity index (χ0) is 14.8. The summed E-state index contributed by atoms with van der Waals surface area (Å²) < 4.78 is 4.80. The van der Waals surface area contributed by atoms with E-state index in [1.807, 2.05) is 11.8 Å². The van der Waals surface area contributed by atoms with Crippen molar-refractivity contribution < 1.29 is 9.32 Å². The van der Waals surface area contributed by atoms with E-state index in [1.54, 1.807) is 11.3 Å². The van der Waals surface area contributed by atoms with E-state index in [0.29, 0.717) is 5.92 Å². The number of nitrogens with zero attached hydrogens (tertiary/aromatic N) is 3. The molecule has 0 radical (unpaired) electrons. The molecule has 1 saturated heterocycles. The maximum absolute atomic E-state index is 12.6. The number of likely N-dealkylation sites (tertiary alicyclic amines) is 1. The largest absolute Gasteiger partial charge is 0.343 e. The molecule has 0 saturated carbocycles. The van der Waals surface area contributed by atoms with Crippen LogP contribution in [0.25, 0.3) is 0 Å². The van der Waals surface area contributed by atoms with E-state index in [1.165, 1.54) is 11.3 Å². The molecule has 6 heteroatoms. The molecule has 3 heterocycles. The van der Waals surface area contributed by atoms with E-state index in [-0.39, 0.29) is 11.8 Å². The highest BCUT2D eigenvalue weighted by atomic mass is 32.1. The van der Waals surface area contributed by atoms with Crippen molar-refractivity contribution in [2.24, 2.45) is 0 Å². The van der Waals surface area contributed by atoms with Crippen molar-refractivity contribution in [2.45, 2.75) is 38.5 Å². The second kappa shape index (κ2) is 5.97. The first kappa shape index (κ1) is 14.3. The predicted molar refractivity (Wildman–Crippen MR) is 80.3 cm³/mol. The van der Waals surface area contributed by atoms with Crippen molar-refractivity contribution in [3.8, 4) is 0 Å². The molecule has 1 amide bonds. The Morgan fingerprint density at radius 2 is 2.19 bits per heavy atom. The highest BCUT2D eigenvalue weighted by Gasteiger charge is 2.29. The molecule has 1 unspecified atom stereocenters. The highest BCUT2D eigenvalue weighted by molar-refractivity contribution is 7.12. The molecule has 2 aromatic heterocycles. The maximum atomic E-state index is 12.6. The fraction of sp³-hybridized carbons (Fsp3) is 0.533. The second-order valence-corrected chi connectivity index (χ2v) is 6.88. The van der Waals surface area contributed by atoms with Crippen LogP contribution in [-0.4, -0.2) is 34.0 Å². The summed E-state index contributed by atoms with van der Waals surface area (Å²) in [4.78, 5) is 21.1. The molecule has 3 rings (SSSR count). The van der Waals surface area contributed by atoms with Gasteiger partial charge in [0.2, 0.25) is 12.3 Å². The molecule has 2 aromatic rings. The van der Waals surface area contributed by atoms with Crippen LogP contribution in [-0.2, 0) is 4.79 Å². The molecule has 21 heavy (non-hydrogen) atoms. The van der Waals surface area contributed by atoms with Crippen LogP contribution >= 0.6 is 11.3 Å². The average molecular weight is 305 g/mol. The quantitative estimate of drug-likeness (QED) is 0.875. The zero-order valence-corrected chi connectivity index (χ0v) is 13.1. The van der Waals surface area contributed by atoms with Gasteiger partial charge in [0.1, 0.15) is 0 Å². The Bertz CT molecular complexity index is 600. The van der Waals surface area contributed by atoms with Gasteiger partial charge < -0.3 is 9.42 Å². The van der Waals surface area contributed by atoms with Crippen LogP contribution in [0.3, 0.4) is 0 Å². The minimum absolute atomic E-state index is 0.0505. The topological polar surface area (TPSA) is 59.2 Å². The van der Waals surface area contributed by atoms with Crippen LogP contribution in [0.5, 0.6) is 0 Å². The number of rotatable bonds is 3. The summed E-state index contributed by atoms with van der Waals surface area (Å²) in [6, 6.07) is 4.14. The highest BCUT2D eigenvalue weighted by Crippen LogP contribution is 2.30. The van der Waals surface area contributed by atoms with E-state index >= 15 is 0 Å². The number of hydrogen-bond acceptors (Lipinski definition) is 5. The Morgan fingerprint density at radius 1 is 1.43 bits per heavy atom. The molecule has 0 aliphatic carbocycles. The van der Waals surface area contributed by atoms with E-state index in [9.17, 15) is 4.79 Å². The molecule has 5 nitrogen and oxygen atoms in total. The van der Waals surface area contributed by atoms with Gasteiger partial charge in [-0.1, -0.05) is 5.16 Å². The van der Waals surface area contributed by atoms with Crippen LogP contribution in [0.1, 0.15) is 47.2 Å². The first-order valence-electron chi connectivity index (χ1n) is 7.26. The fourth-order valence-electron chi connectivity index (χ4n) is 2.80. The lowest BCUT2D eigenvalue weighted by atomic mass is 9.95. The summed E-state index contributed by atoms with van der Waals surface area (Å²) in [6.07, 6.45) is 3.18. The molecule has 1 fully saturated rings. The summed E-state index contributed by atoms with van der Waals surface area (Å²) >= 11 is 1.71. The maximum Gasteiger partial charge on any atom is 0.230 e. The number of carbonyl (C=O) groups excluding carboxylic acids is 1. The van der Waals surface area contributed by atoms with Crippen molar-refractivity contribution in [1.82, 2.24) is 15.0 Å². The van der Waals surface area contributed by atoms with Gasteiger partial charge in [-0.05, 0) is 38.8 Å². The summed E-state index contributed by atoms with van der Waals surface area (Å²) in [6.45, 7) is 5.61. The van der Waals surface area contributed by atoms with E-state index in [4.69, 9.17) is 4.52 Å². The smallest absolute Gasteiger partial charge is 0.230 e. The number of aromatic nitrogens is 2. The Balaban J connectivity index is 1.60. The van der Waals surface area contributed by atoms with E-state index in [2.05, 4.69) is 29.2 Å². The minimum Gasteiger partial charge on any atom is -0.343 e. The standard InChI is InChI=1S/C15H19N3O2S/c1-10-3-4-13(21-10)11(2)15(19)18-7-5-12(6-8-18)14-16-9-20-17-14/h3-4,9,11-12H,5-8H2,1-2H3. The van der Waals surface area contributed by atoms with Crippen molar-refractivity contribution in [3.05, 3.63) is 34.1 Å². The Kier molecular flexibility index (Phi) is 4.05. The summed E-state index contributed by atoms with van der Waals surface area (Å²) in [5.41, 5.74) is 0. The number of amides is 1. The lowest BCUT2D eigenvalue weighted by Crippen LogP contribution is -2.40. The molecule has 0 aromatic carbocycles. The van der Waals surface area contributed by atoms with Crippen LogP contribution in [0.2, 0.25) is 0 Å². The third kappa shape index (κ3) is 3.00. The molecule has 0 N–H and O–H groups in total. The monoisotopic (exact) mass is 305 g/mol. The molecule has 0 spiro atoms. The van der Waals surface area contributed by atoms with Gasteiger partial charge in [0.25, 0.3) is 0 Å². The zero-order valence-electron chi connectivity index (χ0n) is 12.3.